The Balaban J connectivity index is 1.78. The van der Waals surface area contributed by atoms with E-state index in [1.807, 2.05) is 19.2 Å². The first-order valence-electron chi connectivity index (χ1n) is 8.27. The molecule has 4 heterocycles. The number of pyridine rings is 1. The molecule has 0 fully saturated rings. The van der Waals surface area contributed by atoms with E-state index in [2.05, 4.69) is 15.1 Å². The highest BCUT2D eigenvalue weighted by Gasteiger charge is 2.18. The van der Waals surface area contributed by atoms with Crippen molar-refractivity contribution in [3.8, 4) is 0 Å². The van der Waals surface area contributed by atoms with Gasteiger partial charge in [-0.2, -0.15) is 5.10 Å². The molecular weight excluding hydrogens is 362 g/mol. The van der Waals surface area contributed by atoms with Gasteiger partial charge in [0.25, 0.3) is 5.56 Å². The van der Waals surface area contributed by atoms with Gasteiger partial charge in [0.2, 0.25) is 0 Å². The molecule has 0 spiro atoms. The molecular formula is C18H17N7OS. The number of thiazole rings is 1. The Labute approximate surface area is 158 Å². The van der Waals surface area contributed by atoms with Crippen LogP contribution in [0.2, 0.25) is 0 Å². The highest BCUT2D eigenvalue weighted by atomic mass is 32.1. The molecule has 0 aliphatic heterocycles. The lowest BCUT2D eigenvalue weighted by Gasteiger charge is -2.05. The maximum Gasteiger partial charge on any atom is 0.291 e. The van der Waals surface area contributed by atoms with Crippen LogP contribution in [0.5, 0.6) is 0 Å². The van der Waals surface area contributed by atoms with E-state index in [1.54, 1.807) is 29.2 Å². The lowest BCUT2D eigenvalue weighted by atomic mass is 10.3. The number of aryl methyl sites for hydroxylation is 1. The molecule has 0 aromatic carbocycles. The minimum Gasteiger partial charge on any atom is -0.405 e. The van der Waals surface area contributed by atoms with Gasteiger partial charge in [-0.15, -0.1) is 11.3 Å². The third-order valence-corrected chi connectivity index (χ3v) is 5.37. The SMILES string of the molecule is Cn1c2nc(CC(=N)/C=C\N)sc2c2cnn(Cc3ccncc3)c(=O)c21. The fourth-order valence-corrected chi connectivity index (χ4v) is 4.15. The third-order valence-electron chi connectivity index (χ3n) is 4.29. The zero-order chi connectivity index (χ0) is 19.0. The van der Waals surface area contributed by atoms with Crippen molar-refractivity contribution in [2.24, 2.45) is 12.8 Å². The van der Waals surface area contributed by atoms with Crippen molar-refractivity contribution >= 4 is 38.3 Å². The van der Waals surface area contributed by atoms with Crippen molar-refractivity contribution in [2.45, 2.75) is 13.0 Å². The topological polar surface area (TPSA) is 115 Å². The van der Waals surface area contributed by atoms with E-state index in [0.29, 0.717) is 24.2 Å². The standard InChI is InChI=1S/C18H17N7OS/c1-24-15-13(16-17(24)23-14(27-16)8-12(20)2-5-19)9-22-25(18(15)26)10-11-3-6-21-7-4-11/h2-7,9,20H,8,10,19H2,1H3/b5-2-,20-12?. The molecule has 0 radical (unpaired) electrons. The molecule has 0 aliphatic carbocycles. The molecule has 4 rings (SSSR count). The van der Waals surface area contributed by atoms with E-state index in [-0.39, 0.29) is 5.56 Å². The Kier molecular flexibility index (Phi) is 4.28. The number of hydrogen-bond acceptors (Lipinski definition) is 7. The fraction of sp³-hybridized carbons (Fsp3) is 0.167. The van der Waals surface area contributed by atoms with Gasteiger partial charge in [0.15, 0.2) is 5.65 Å². The summed E-state index contributed by atoms with van der Waals surface area (Å²) in [5, 5.41) is 13.8. The number of nitrogens with two attached hydrogens (primary N) is 1. The van der Waals surface area contributed by atoms with Crippen LogP contribution < -0.4 is 11.3 Å². The summed E-state index contributed by atoms with van der Waals surface area (Å²) in [7, 11) is 1.83. The summed E-state index contributed by atoms with van der Waals surface area (Å²) in [4.78, 5) is 21.6. The van der Waals surface area contributed by atoms with Gasteiger partial charge >= 0.3 is 0 Å². The summed E-state index contributed by atoms with van der Waals surface area (Å²) in [6.45, 7) is 0.386. The molecule has 0 saturated heterocycles. The van der Waals surface area contributed by atoms with Crippen molar-refractivity contribution < 1.29 is 0 Å². The maximum atomic E-state index is 13.0. The van der Waals surface area contributed by atoms with Gasteiger partial charge in [-0.3, -0.25) is 9.78 Å². The Hall–Kier alpha value is -3.33. The number of nitrogens with one attached hydrogen (secondary N) is 1. The number of nitrogens with zero attached hydrogens (tertiary/aromatic N) is 5. The fourth-order valence-electron chi connectivity index (χ4n) is 3.02. The van der Waals surface area contributed by atoms with E-state index in [1.165, 1.54) is 22.2 Å². The van der Waals surface area contributed by atoms with Crippen LogP contribution in [-0.4, -0.2) is 30.0 Å². The van der Waals surface area contributed by atoms with Crippen LogP contribution in [0.15, 0.2) is 47.8 Å². The normalized spacial score (nSPS) is 11.7. The van der Waals surface area contributed by atoms with Crippen molar-refractivity contribution in [3.05, 3.63) is 63.9 Å². The first kappa shape index (κ1) is 17.1. The van der Waals surface area contributed by atoms with E-state index in [4.69, 9.17) is 11.1 Å². The zero-order valence-electron chi connectivity index (χ0n) is 14.6. The van der Waals surface area contributed by atoms with Gasteiger partial charge in [0.1, 0.15) is 10.5 Å². The number of hydrogen-bond donors (Lipinski definition) is 2. The molecule has 0 aliphatic rings. The van der Waals surface area contributed by atoms with Gasteiger partial charge in [0.05, 0.1) is 17.4 Å². The molecule has 0 atom stereocenters. The third kappa shape index (κ3) is 3.02. The van der Waals surface area contributed by atoms with Crippen LogP contribution >= 0.6 is 11.3 Å². The Morgan fingerprint density at radius 3 is 2.89 bits per heavy atom. The molecule has 3 N–H and O–H groups in total. The van der Waals surface area contributed by atoms with Crippen molar-refractivity contribution in [1.82, 2.24) is 24.3 Å². The Bertz CT molecular complexity index is 1230. The molecule has 136 valence electrons. The van der Waals surface area contributed by atoms with Gasteiger partial charge in [-0.05, 0) is 30.0 Å². The summed E-state index contributed by atoms with van der Waals surface area (Å²) in [6.07, 6.45) is 8.40. The smallest absolute Gasteiger partial charge is 0.291 e. The van der Waals surface area contributed by atoms with Gasteiger partial charge in [-0.25, -0.2) is 9.67 Å². The molecule has 0 saturated carbocycles. The summed E-state index contributed by atoms with van der Waals surface area (Å²) in [5.41, 5.74) is 7.84. The highest BCUT2D eigenvalue weighted by Crippen LogP contribution is 2.31. The Morgan fingerprint density at radius 1 is 1.37 bits per heavy atom. The largest absolute Gasteiger partial charge is 0.405 e. The predicted molar refractivity (Wildman–Crippen MR) is 106 cm³/mol. The van der Waals surface area contributed by atoms with Crippen LogP contribution in [0.25, 0.3) is 21.3 Å². The summed E-state index contributed by atoms with van der Waals surface area (Å²) in [5.74, 6) is 0. The monoisotopic (exact) mass is 379 g/mol. The maximum absolute atomic E-state index is 13.0. The minimum absolute atomic E-state index is 0.155. The summed E-state index contributed by atoms with van der Waals surface area (Å²) >= 11 is 1.48. The lowest BCUT2D eigenvalue weighted by molar-refractivity contribution is 0.643. The van der Waals surface area contributed by atoms with Gasteiger partial charge in [-0.1, -0.05) is 0 Å². The molecule has 4 aromatic rings. The van der Waals surface area contributed by atoms with E-state index < -0.39 is 0 Å². The van der Waals surface area contributed by atoms with Crippen molar-refractivity contribution in [1.29, 1.82) is 5.41 Å². The van der Waals surface area contributed by atoms with Crippen LogP contribution in [-0.2, 0) is 20.0 Å². The average Bonchev–Trinajstić information content (AvgIpc) is 3.17. The Morgan fingerprint density at radius 2 is 2.15 bits per heavy atom. The minimum atomic E-state index is -0.155. The molecule has 0 bridgehead atoms. The van der Waals surface area contributed by atoms with Crippen molar-refractivity contribution in [2.75, 3.05) is 0 Å². The van der Waals surface area contributed by atoms with Gasteiger partial charge in [0, 0.05) is 37.0 Å². The number of aromatic nitrogens is 5. The zero-order valence-corrected chi connectivity index (χ0v) is 15.4. The highest BCUT2D eigenvalue weighted by molar-refractivity contribution is 7.19. The molecule has 4 aromatic heterocycles. The summed E-state index contributed by atoms with van der Waals surface area (Å²) in [6, 6.07) is 3.72. The second-order valence-corrected chi connectivity index (χ2v) is 7.19. The second-order valence-electron chi connectivity index (χ2n) is 6.11. The van der Waals surface area contributed by atoms with Crippen LogP contribution in [0.1, 0.15) is 10.6 Å². The predicted octanol–water partition coefficient (Wildman–Crippen LogP) is 1.82. The number of rotatable bonds is 5. The number of fused-ring (bicyclic) bond motifs is 3. The molecule has 0 unspecified atom stereocenters. The first-order valence-corrected chi connectivity index (χ1v) is 9.08. The van der Waals surface area contributed by atoms with E-state index >= 15 is 0 Å². The van der Waals surface area contributed by atoms with Crippen LogP contribution in [0, 0.1) is 5.41 Å². The van der Waals surface area contributed by atoms with E-state index in [9.17, 15) is 4.79 Å². The molecule has 8 nitrogen and oxygen atoms in total. The second kappa shape index (κ2) is 6.76. The summed E-state index contributed by atoms with van der Waals surface area (Å²) < 4.78 is 4.16. The van der Waals surface area contributed by atoms with Crippen LogP contribution in [0.3, 0.4) is 0 Å². The average molecular weight is 379 g/mol. The van der Waals surface area contributed by atoms with E-state index in [0.717, 1.165) is 26.3 Å². The number of allylic oxidation sites excluding steroid dienone is 1. The van der Waals surface area contributed by atoms with Crippen molar-refractivity contribution in [3.63, 3.8) is 0 Å². The van der Waals surface area contributed by atoms with Crippen LogP contribution in [0.4, 0.5) is 0 Å². The quantitative estimate of drug-likeness (QED) is 0.513. The molecule has 0 amide bonds. The molecule has 27 heavy (non-hydrogen) atoms. The lowest BCUT2D eigenvalue weighted by Crippen LogP contribution is -2.24. The first-order chi connectivity index (χ1) is 13.1. The molecule has 9 heteroatoms. The van der Waals surface area contributed by atoms with Gasteiger partial charge < -0.3 is 15.7 Å².